The molecule has 0 bridgehead atoms. The van der Waals surface area contributed by atoms with Gasteiger partial charge in [0.25, 0.3) is 0 Å². The monoisotopic (exact) mass is 240 g/mol. The molecule has 0 spiro atoms. The molecule has 16 heavy (non-hydrogen) atoms. The highest BCUT2D eigenvalue weighted by molar-refractivity contribution is 7.99. The van der Waals surface area contributed by atoms with Crippen LogP contribution in [0.4, 0.5) is 0 Å². The smallest absolute Gasteiger partial charge is 0.0966 e. The molecule has 0 radical (unpaired) electrons. The number of aromatic nitrogens is 1. The summed E-state index contributed by atoms with van der Waals surface area (Å²) in [5.41, 5.74) is 2.31. The van der Waals surface area contributed by atoms with Crippen LogP contribution in [0.25, 0.3) is 0 Å². The number of nitrogens with zero attached hydrogens (tertiary/aromatic N) is 1. The van der Waals surface area contributed by atoms with E-state index < -0.39 is 0 Å². The Morgan fingerprint density at radius 1 is 1.44 bits per heavy atom. The van der Waals surface area contributed by atoms with Gasteiger partial charge >= 0.3 is 0 Å². The van der Waals surface area contributed by atoms with Crippen LogP contribution in [0.1, 0.15) is 17.7 Å². The summed E-state index contributed by atoms with van der Waals surface area (Å²) < 4.78 is 0. The summed E-state index contributed by atoms with van der Waals surface area (Å²) in [6, 6.07) is 4.52. The number of aliphatic hydroxyl groups is 1. The fraction of sp³-hybridized carbons (Fsp3) is 0.583. The minimum atomic E-state index is 0.229. The van der Waals surface area contributed by atoms with Crippen LogP contribution in [0.3, 0.4) is 0 Å². The highest BCUT2D eigenvalue weighted by Crippen LogP contribution is 2.19. The van der Waals surface area contributed by atoms with Crippen LogP contribution in [0.2, 0.25) is 0 Å². The second-order valence-corrected chi connectivity index (χ2v) is 4.97. The van der Waals surface area contributed by atoms with E-state index in [9.17, 15) is 0 Å². The van der Waals surface area contributed by atoms with E-state index in [1.54, 1.807) is 11.8 Å². The maximum absolute atomic E-state index is 8.89. The molecule has 2 N–H and O–H groups in total. The molecule has 0 aromatic carbocycles. The van der Waals surface area contributed by atoms with Gasteiger partial charge in [-0.2, -0.15) is 0 Å². The zero-order valence-corrected chi connectivity index (χ0v) is 11.0. The summed E-state index contributed by atoms with van der Waals surface area (Å²) in [7, 11) is 1.93. The highest BCUT2D eigenvalue weighted by atomic mass is 32.2. The maximum Gasteiger partial charge on any atom is 0.0966 e. The quantitative estimate of drug-likeness (QED) is 0.744. The topological polar surface area (TPSA) is 45.1 Å². The fourth-order valence-corrected chi connectivity index (χ4v) is 2.71. The van der Waals surface area contributed by atoms with Crippen LogP contribution in [-0.4, -0.2) is 35.5 Å². The Balaban J connectivity index is 2.52. The van der Waals surface area contributed by atoms with Crippen molar-refractivity contribution in [1.82, 2.24) is 10.3 Å². The second-order valence-electron chi connectivity index (χ2n) is 3.93. The van der Waals surface area contributed by atoms with Gasteiger partial charge in [0.15, 0.2) is 0 Å². The first-order valence-electron chi connectivity index (χ1n) is 5.52. The molecular weight excluding hydrogens is 220 g/mol. The fourth-order valence-electron chi connectivity index (χ4n) is 1.53. The molecule has 90 valence electrons. The van der Waals surface area contributed by atoms with Gasteiger partial charge in [-0.3, -0.25) is 0 Å². The minimum absolute atomic E-state index is 0.229. The Kier molecular flexibility index (Phi) is 5.80. The van der Waals surface area contributed by atoms with Crippen molar-refractivity contribution in [3.8, 4) is 0 Å². The lowest BCUT2D eigenvalue weighted by molar-refractivity contribution is 0.273. The van der Waals surface area contributed by atoms with Gasteiger partial charge in [0.05, 0.1) is 5.03 Å². The van der Waals surface area contributed by atoms with E-state index in [-0.39, 0.29) is 6.61 Å². The van der Waals surface area contributed by atoms with E-state index in [0.717, 1.165) is 22.9 Å². The molecule has 0 aliphatic rings. The summed E-state index contributed by atoms with van der Waals surface area (Å²) in [6.45, 7) is 4.33. The number of hydrogen-bond acceptors (Lipinski definition) is 4. The van der Waals surface area contributed by atoms with Crippen molar-refractivity contribution in [2.45, 2.75) is 31.3 Å². The van der Waals surface area contributed by atoms with Gasteiger partial charge in [-0.1, -0.05) is 0 Å². The van der Waals surface area contributed by atoms with Crippen molar-refractivity contribution in [2.24, 2.45) is 0 Å². The molecule has 1 aromatic heterocycles. The first-order valence-corrected chi connectivity index (χ1v) is 6.50. The van der Waals surface area contributed by atoms with Crippen LogP contribution in [-0.2, 0) is 0 Å². The normalized spacial score (nSPS) is 12.8. The van der Waals surface area contributed by atoms with E-state index in [1.807, 2.05) is 14.0 Å². The second kappa shape index (κ2) is 6.89. The molecule has 1 heterocycles. The Bertz CT molecular complexity index is 311. The molecule has 0 fully saturated rings. The van der Waals surface area contributed by atoms with Crippen molar-refractivity contribution >= 4 is 11.8 Å². The molecule has 0 amide bonds. The van der Waals surface area contributed by atoms with Crippen molar-refractivity contribution in [3.63, 3.8) is 0 Å². The van der Waals surface area contributed by atoms with E-state index in [2.05, 4.69) is 29.4 Å². The van der Waals surface area contributed by atoms with Gasteiger partial charge in [-0.15, -0.1) is 11.8 Å². The van der Waals surface area contributed by atoms with Gasteiger partial charge in [0.2, 0.25) is 0 Å². The van der Waals surface area contributed by atoms with Crippen molar-refractivity contribution in [2.75, 3.05) is 19.4 Å². The molecule has 0 aliphatic heterocycles. The average Bonchev–Trinajstić information content (AvgIpc) is 2.23. The lowest BCUT2D eigenvalue weighted by Crippen LogP contribution is -2.28. The molecular formula is C12H20N2OS. The Labute approximate surface area is 102 Å². The largest absolute Gasteiger partial charge is 0.396 e. The summed E-state index contributed by atoms with van der Waals surface area (Å²) in [5.74, 6) is 0.937. The molecule has 0 saturated heterocycles. The average molecular weight is 240 g/mol. The summed E-state index contributed by atoms with van der Waals surface area (Å²) in [6.07, 6.45) is 0.786. The highest BCUT2D eigenvalue weighted by Gasteiger charge is 2.07. The minimum Gasteiger partial charge on any atom is -0.396 e. The van der Waals surface area contributed by atoms with Crippen LogP contribution in [0.5, 0.6) is 0 Å². The van der Waals surface area contributed by atoms with Crippen molar-refractivity contribution in [1.29, 1.82) is 0 Å². The predicted octanol–water partition coefficient (Wildman–Crippen LogP) is 1.76. The van der Waals surface area contributed by atoms with E-state index in [0.29, 0.717) is 6.04 Å². The number of pyridine rings is 1. The zero-order chi connectivity index (χ0) is 12.0. The van der Waals surface area contributed by atoms with Crippen LogP contribution in [0.15, 0.2) is 17.2 Å². The molecule has 0 saturated carbocycles. The SMILES string of the molecule is CNC(CCO)CSc1cc(C)cc(C)n1. The van der Waals surface area contributed by atoms with Gasteiger partial charge < -0.3 is 10.4 Å². The van der Waals surface area contributed by atoms with Gasteiger partial charge in [0, 0.05) is 24.1 Å². The number of rotatable bonds is 6. The van der Waals surface area contributed by atoms with Crippen LogP contribution < -0.4 is 5.32 Å². The Morgan fingerprint density at radius 3 is 2.75 bits per heavy atom. The Hall–Kier alpha value is -0.580. The number of aryl methyl sites for hydroxylation is 2. The zero-order valence-electron chi connectivity index (χ0n) is 10.2. The maximum atomic E-state index is 8.89. The number of thioether (sulfide) groups is 1. The van der Waals surface area contributed by atoms with Gasteiger partial charge in [-0.25, -0.2) is 4.98 Å². The van der Waals surface area contributed by atoms with Gasteiger partial charge in [-0.05, 0) is 45.0 Å². The summed E-state index contributed by atoms with van der Waals surface area (Å²) >= 11 is 1.74. The summed E-state index contributed by atoms with van der Waals surface area (Å²) in [5, 5.41) is 13.1. The van der Waals surface area contributed by atoms with E-state index in [1.165, 1.54) is 5.56 Å². The van der Waals surface area contributed by atoms with Crippen LogP contribution >= 0.6 is 11.8 Å². The molecule has 1 rings (SSSR count). The van der Waals surface area contributed by atoms with Crippen molar-refractivity contribution < 1.29 is 5.11 Å². The lowest BCUT2D eigenvalue weighted by Gasteiger charge is -2.14. The van der Waals surface area contributed by atoms with Crippen LogP contribution in [0, 0.1) is 13.8 Å². The number of aliphatic hydroxyl groups excluding tert-OH is 1. The molecule has 1 aromatic rings. The van der Waals surface area contributed by atoms with Gasteiger partial charge in [0.1, 0.15) is 0 Å². The third kappa shape index (κ3) is 4.51. The Morgan fingerprint density at radius 2 is 2.19 bits per heavy atom. The standard InChI is InChI=1S/C12H20N2OS/c1-9-6-10(2)14-12(7-9)16-8-11(13-3)4-5-15/h6-7,11,13,15H,4-5,8H2,1-3H3. The van der Waals surface area contributed by atoms with Crippen molar-refractivity contribution in [3.05, 3.63) is 23.4 Å². The third-order valence-electron chi connectivity index (χ3n) is 2.39. The molecule has 4 heteroatoms. The molecule has 3 nitrogen and oxygen atoms in total. The third-order valence-corrected chi connectivity index (χ3v) is 3.47. The number of nitrogens with one attached hydrogen (secondary N) is 1. The number of hydrogen-bond donors (Lipinski definition) is 2. The first-order chi connectivity index (χ1) is 7.65. The first kappa shape index (κ1) is 13.5. The molecule has 1 atom stereocenters. The molecule has 0 aliphatic carbocycles. The van der Waals surface area contributed by atoms with E-state index in [4.69, 9.17) is 5.11 Å². The van der Waals surface area contributed by atoms with E-state index >= 15 is 0 Å². The summed E-state index contributed by atoms with van der Waals surface area (Å²) in [4.78, 5) is 4.47. The lowest BCUT2D eigenvalue weighted by atomic mass is 10.2. The predicted molar refractivity (Wildman–Crippen MR) is 69.0 cm³/mol. The molecule has 1 unspecified atom stereocenters.